The molecule has 0 atom stereocenters. The van der Waals surface area contributed by atoms with Gasteiger partial charge in [0.1, 0.15) is 5.82 Å². The molecule has 2 N–H and O–H groups in total. The maximum Gasteiger partial charge on any atom is 0.417 e. The van der Waals surface area contributed by atoms with Gasteiger partial charge in [0.15, 0.2) is 5.58 Å². The first-order valence-electron chi connectivity index (χ1n) is 5.93. The summed E-state index contributed by atoms with van der Waals surface area (Å²) in [6.07, 6.45) is 0. The van der Waals surface area contributed by atoms with Crippen LogP contribution < -0.4 is 11.1 Å². The van der Waals surface area contributed by atoms with Crippen LogP contribution in [0.25, 0.3) is 11.1 Å². The Morgan fingerprint density at radius 2 is 2.10 bits per heavy atom. The van der Waals surface area contributed by atoms with E-state index in [1.807, 2.05) is 0 Å². The van der Waals surface area contributed by atoms with E-state index in [0.29, 0.717) is 16.8 Å². The zero-order valence-corrected chi connectivity index (χ0v) is 12.0. The number of benzene rings is 2. The number of hydrogen-bond donors (Lipinski definition) is 2. The molecule has 3 rings (SSSR count). The molecule has 5 nitrogen and oxygen atoms in total. The van der Waals surface area contributed by atoms with E-state index in [9.17, 15) is 14.0 Å². The molecule has 0 radical (unpaired) electrons. The van der Waals surface area contributed by atoms with Gasteiger partial charge < -0.3 is 9.73 Å². The summed E-state index contributed by atoms with van der Waals surface area (Å²) in [5.74, 6) is -1.55. The van der Waals surface area contributed by atoms with Crippen LogP contribution in [0.4, 0.5) is 10.1 Å². The van der Waals surface area contributed by atoms with E-state index in [-0.39, 0.29) is 10.0 Å². The minimum atomic E-state index is -0.568. The first kappa shape index (κ1) is 13.6. The molecule has 0 saturated carbocycles. The predicted octanol–water partition coefficient (Wildman–Crippen LogP) is 3.28. The van der Waals surface area contributed by atoms with Crippen LogP contribution in [-0.4, -0.2) is 10.9 Å². The predicted molar refractivity (Wildman–Crippen MR) is 78.9 cm³/mol. The summed E-state index contributed by atoms with van der Waals surface area (Å²) < 4.78 is 18.4. The van der Waals surface area contributed by atoms with Crippen molar-refractivity contribution in [2.45, 2.75) is 0 Å². The molecule has 7 heteroatoms. The fraction of sp³-hybridized carbons (Fsp3) is 0. The Labute approximate surface area is 125 Å². The second-order valence-corrected chi connectivity index (χ2v) is 5.07. The third-order valence-corrected chi connectivity index (χ3v) is 3.68. The number of halogens is 2. The number of aromatic amines is 1. The van der Waals surface area contributed by atoms with E-state index in [1.54, 1.807) is 18.2 Å². The number of carbonyl (C=O) groups is 1. The van der Waals surface area contributed by atoms with E-state index >= 15 is 0 Å². The molecule has 21 heavy (non-hydrogen) atoms. The smallest absolute Gasteiger partial charge is 0.408 e. The van der Waals surface area contributed by atoms with Crippen LogP contribution in [0, 0.1) is 5.82 Å². The van der Waals surface area contributed by atoms with Gasteiger partial charge in [-0.05, 0) is 46.3 Å². The standard InChI is InChI=1S/C14H8BrFN2O3/c15-12-8(2-1-3-9(12)16)13(19)17-7-4-5-11-10(6-7)18-14(20)21-11/h1-6H,(H,17,19)(H,18,20). The second kappa shape index (κ2) is 5.17. The van der Waals surface area contributed by atoms with Gasteiger partial charge in [-0.25, -0.2) is 9.18 Å². The quantitative estimate of drug-likeness (QED) is 0.744. The molecule has 3 aromatic rings. The highest BCUT2D eigenvalue weighted by molar-refractivity contribution is 9.10. The highest BCUT2D eigenvalue weighted by Gasteiger charge is 2.13. The Kier molecular flexibility index (Phi) is 3.34. The minimum absolute atomic E-state index is 0.0975. The zero-order valence-electron chi connectivity index (χ0n) is 10.4. The Bertz CT molecular complexity index is 901. The number of nitrogens with one attached hydrogen (secondary N) is 2. The first-order valence-corrected chi connectivity index (χ1v) is 6.72. The Morgan fingerprint density at radius 3 is 2.90 bits per heavy atom. The number of anilines is 1. The summed E-state index contributed by atoms with van der Waals surface area (Å²) in [5.41, 5.74) is 1.50. The molecule has 0 fully saturated rings. The normalized spacial score (nSPS) is 10.8. The Balaban J connectivity index is 1.92. The van der Waals surface area contributed by atoms with Crippen molar-refractivity contribution in [3.8, 4) is 0 Å². The van der Waals surface area contributed by atoms with Gasteiger partial charge in [-0.2, -0.15) is 0 Å². The fourth-order valence-corrected chi connectivity index (χ4v) is 2.35. The molecule has 0 aliphatic heterocycles. The van der Waals surface area contributed by atoms with Crippen LogP contribution in [-0.2, 0) is 0 Å². The zero-order chi connectivity index (χ0) is 15.0. The summed E-state index contributed by atoms with van der Waals surface area (Å²) in [6.45, 7) is 0. The molecular weight excluding hydrogens is 343 g/mol. The van der Waals surface area contributed by atoms with Crippen LogP contribution in [0.15, 0.2) is 50.1 Å². The summed E-state index contributed by atoms with van der Waals surface area (Å²) >= 11 is 3.04. The monoisotopic (exact) mass is 350 g/mol. The van der Waals surface area contributed by atoms with E-state index < -0.39 is 17.5 Å². The van der Waals surface area contributed by atoms with Crippen molar-refractivity contribution in [1.82, 2.24) is 4.98 Å². The van der Waals surface area contributed by atoms with Crippen LogP contribution in [0.5, 0.6) is 0 Å². The Hall–Kier alpha value is -2.41. The van der Waals surface area contributed by atoms with Crippen molar-refractivity contribution in [2.75, 3.05) is 5.32 Å². The van der Waals surface area contributed by atoms with Gasteiger partial charge in [-0.15, -0.1) is 0 Å². The molecular formula is C14H8BrFN2O3. The van der Waals surface area contributed by atoms with Gasteiger partial charge in [-0.1, -0.05) is 6.07 Å². The molecule has 1 aromatic heterocycles. The van der Waals surface area contributed by atoms with Gasteiger partial charge >= 0.3 is 5.76 Å². The third-order valence-electron chi connectivity index (χ3n) is 2.87. The van der Waals surface area contributed by atoms with Gasteiger partial charge in [0.05, 0.1) is 15.6 Å². The number of fused-ring (bicyclic) bond motifs is 1. The molecule has 1 heterocycles. The lowest BCUT2D eigenvalue weighted by Gasteiger charge is -2.07. The highest BCUT2D eigenvalue weighted by atomic mass is 79.9. The average molecular weight is 351 g/mol. The lowest BCUT2D eigenvalue weighted by molar-refractivity contribution is 0.102. The molecule has 0 unspecified atom stereocenters. The van der Waals surface area contributed by atoms with Gasteiger partial charge in [0.2, 0.25) is 0 Å². The second-order valence-electron chi connectivity index (χ2n) is 4.28. The minimum Gasteiger partial charge on any atom is -0.408 e. The van der Waals surface area contributed by atoms with Crippen LogP contribution in [0.2, 0.25) is 0 Å². The van der Waals surface area contributed by atoms with Crippen LogP contribution in [0.3, 0.4) is 0 Å². The molecule has 2 aromatic carbocycles. The molecule has 0 spiro atoms. The topological polar surface area (TPSA) is 75.1 Å². The molecule has 0 saturated heterocycles. The lowest BCUT2D eigenvalue weighted by Crippen LogP contribution is -2.13. The largest absolute Gasteiger partial charge is 0.417 e. The van der Waals surface area contributed by atoms with Crippen LogP contribution >= 0.6 is 15.9 Å². The number of H-pyrrole nitrogens is 1. The number of oxazole rings is 1. The Morgan fingerprint density at radius 1 is 1.29 bits per heavy atom. The van der Waals surface area contributed by atoms with E-state index in [2.05, 4.69) is 26.2 Å². The summed E-state index contributed by atoms with van der Waals surface area (Å²) in [6, 6.07) is 8.91. The maximum atomic E-state index is 13.4. The fourth-order valence-electron chi connectivity index (χ4n) is 1.91. The first-order chi connectivity index (χ1) is 10.0. The van der Waals surface area contributed by atoms with Gasteiger partial charge in [0.25, 0.3) is 5.91 Å². The molecule has 106 valence electrons. The number of rotatable bonds is 2. The lowest BCUT2D eigenvalue weighted by atomic mass is 10.2. The van der Waals surface area contributed by atoms with Crippen LogP contribution in [0.1, 0.15) is 10.4 Å². The molecule has 0 aliphatic rings. The third kappa shape index (κ3) is 2.59. The number of amides is 1. The van der Waals surface area contributed by atoms with Crippen molar-refractivity contribution in [3.05, 3.63) is 62.8 Å². The molecule has 0 aliphatic carbocycles. The number of aromatic nitrogens is 1. The van der Waals surface area contributed by atoms with E-state index in [1.165, 1.54) is 18.2 Å². The van der Waals surface area contributed by atoms with Crippen molar-refractivity contribution < 1.29 is 13.6 Å². The average Bonchev–Trinajstić information content (AvgIpc) is 2.81. The molecule has 0 bridgehead atoms. The highest BCUT2D eigenvalue weighted by Crippen LogP contribution is 2.22. The summed E-state index contributed by atoms with van der Waals surface area (Å²) in [5, 5.41) is 2.63. The van der Waals surface area contributed by atoms with Crippen molar-refractivity contribution in [3.63, 3.8) is 0 Å². The van der Waals surface area contributed by atoms with Crippen molar-refractivity contribution >= 4 is 38.6 Å². The summed E-state index contributed by atoms with van der Waals surface area (Å²) in [7, 11) is 0. The van der Waals surface area contributed by atoms with Gasteiger partial charge in [0, 0.05) is 5.69 Å². The number of carbonyl (C=O) groups excluding carboxylic acids is 1. The van der Waals surface area contributed by atoms with E-state index in [0.717, 1.165) is 0 Å². The number of hydrogen-bond acceptors (Lipinski definition) is 3. The van der Waals surface area contributed by atoms with E-state index in [4.69, 9.17) is 4.42 Å². The van der Waals surface area contributed by atoms with Crippen molar-refractivity contribution in [1.29, 1.82) is 0 Å². The van der Waals surface area contributed by atoms with Gasteiger partial charge in [-0.3, -0.25) is 9.78 Å². The van der Waals surface area contributed by atoms with Crippen molar-refractivity contribution in [2.24, 2.45) is 0 Å². The SMILES string of the molecule is O=C(Nc1ccc2oc(=O)[nH]c2c1)c1cccc(F)c1Br. The molecule has 1 amide bonds. The summed E-state index contributed by atoms with van der Waals surface area (Å²) in [4.78, 5) is 25.7. The maximum absolute atomic E-state index is 13.4.